The highest BCUT2D eigenvalue weighted by atomic mass is 32.1. The van der Waals surface area contributed by atoms with Crippen molar-refractivity contribution in [3.8, 4) is 0 Å². The summed E-state index contributed by atoms with van der Waals surface area (Å²) in [4.78, 5) is 14.3. The van der Waals surface area contributed by atoms with E-state index in [4.69, 9.17) is 0 Å². The molecular weight excluding hydrogens is 208 g/mol. The van der Waals surface area contributed by atoms with Gasteiger partial charge in [-0.15, -0.1) is 11.3 Å². The first-order valence-corrected chi connectivity index (χ1v) is 5.77. The second-order valence-corrected chi connectivity index (χ2v) is 5.24. The zero-order valence-electron chi connectivity index (χ0n) is 9.15. The molecule has 2 rings (SSSR count). The Labute approximate surface area is 93.4 Å². The molecule has 1 aliphatic rings. The van der Waals surface area contributed by atoms with E-state index >= 15 is 0 Å². The Morgan fingerprint density at radius 2 is 2.20 bits per heavy atom. The highest BCUT2D eigenvalue weighted by Crippen LogP contribution is 2.23. The maximum atomic E-state index is 11.7. The van der Waals surface area contributed by atoms with Gasteiger partial charge in [0.25, 0.3) is 5.91 Å². The zero-order chi connectivity index (χ0) is 11.0. The Balaban J connectivity index is 2.13. The van der Waals surface area contributed by atoms with E-state index in [1.807, 2.05) is 6.92 Å². The molecule has 0 aliphatic carbocycles. The largest absolute Gasteiger partial charge is 0.272 e. The number of hydrogen-bond acceptors (Lipinski definition) is 3. The van der Waals surface area contributed by atoms with E-state index in [-0.39, 0.29) is 11.8 Å². The first kappa shape index (κ1) is 10.4. The lowest BCUT2D eigenvalue weighted by Crippen LogP contribution is -2.25. The van der Waals surface area contributed by atoms with Crippen molar-refractivity contribution in [2.24, 2.45) is 11.0 Å². The van der Waals surface area contributed by atoms with E-state index in [9.17, 15) is 4.79 Å². The lowest BCUT2D eigenvalue weighted by atomic mass is 10.00. The summed E-state index contributed by atoms with van der Waals surface area (Å²) in [6.45, 7) is 4.00. The summed E-state index contributed by atoms with van der Waals surface area (Å²) < 4.78 is 0. The molecule has 1 unspecified atom stereocenters. The fourth-order valence-corrected chi connectivity index (χ4v) is 2.73. The first-order valence-electron chi connectivity index (χ1n) is 4.96. The molecule has 0 radical (unpaired) electrons. The van der Waals surface area contributed by atoms with Crippen LogP contribution in [0.5, 0.6) is 0 Å². The van der Waals surface area contributed by atoms with Crippen LogP contribution in [0, 0.1) is 12.8 Å². The third-order valence-electron chi connectivity index (χ3n) is 2.63. The third-order valence-corrected chi connectivity index (χ3v) is 3.65. The van der Waals surface area contributed by atoms with Gasteiger partial charge in [-0.2, -0.15) is 5.10 Å². The highest BCUT2D eigenvalue weighted by molar-refractivity contribution is 7.11. The van der Waals surface area contributed by atoms with Crippen LogP contribution in [-0.4, -0.2) is 23.7 Å². The van der Waals surface area contributed by atoms with Crippen molar-refractivity contribution in [1.82, 2.24) is 5.01 Å². The number of hydrogen-bond donors (Lipinski definition) is 0. The lowest BCUT2D eigenvalue weighted by molar-refractivity contribution is -0.130. The van der Waals surface area contributed by atoms with Crippen LogP contribution in [0.2, 0.25) is 0 Å². The van der Waals surface area contributed by atoms with Crippen LogP contribution in [0.25, 0.3) is 0 Å². The summed E-state index contributed by atoms with van der Waals surface area (Å²) in [5.74, 6) is 0.0617. The molecule has 0 saturated carbocycles. The van der Waals surface area contributed by atoms with Crippen LogP contribution in [-0.2, 0) is 11.2 Å². The Kier molecular flexibility index (Phi) is 2.61. The van der Waals surface area contributed by atoms with Gasteiger partial charge in [-0.3, -0.25) is 4.79 Å². The smallest absolute Gasteiger partial charge is 0.251 e. The monoisotopic (exact) mass is 222 g/mol. The molecule has 0 bridgehead atoms. The molecule has 1 aromatic heterocycles. The molecule has 3 nitrogen and oxygen atoms in total. The molecule has 1 atom stereocenters. The highest BCUT2D eigenvalue weighted by Gasteiger charge is 2.31. The van der Waals surface area contributed by atoms with E-state index in [1.54, 1.807) is 18.4 Å². The van der Waals surface area contributed by atoms with E-state index < -0.39 is 0 Å². The van der Waals surface area contributed by atoms with Crippen LogP contribution in [0.3, 0.4) is 0 Å². The molecular formula is C11H14N2OS. The van der Waals surface area contributed by atoms with E-state index in [1.165, 1.54) is 14.8 Å². The Morgan fingerprint density at radius 1 is 1.47 bits per heavy atom. The standard InChI is InChI=1S/C11H14N2OS/c1-7-4-5-9(15-7)6-10-8(2)12-13(3)11(10)14/h4-5,10H,6H2,1-3H3. The first-order chi connectivity index (χ1) is 7.08. The van der Waals surface area contributed by atoms with Crippen molar-refractivity contribution in [2.45, 2.75) is 20.3 Å². The van der Waals surface area contributed by atoms with Crippen molar-refractivity contribution < 1.29 is 4.79 Å². The molecule has 80 valence electrons. The molecule has 4 heteroatoms. The molecule has 1 amide bonds. The van der Waals surface area contributed by atoms with E-state index in [0.29, 0.717) is 0 Å². The average Bonchev–Trinajstić information content (AvgIpc) is 2.67. The lowest BCUT2D eigenvalue weighted by Gasteiger charge is -2.08. The minimum absolute atomic E-state index is 0.0481. The fraction of sp³-hybridized carbons (Fsp3) is 0.455. The SMILES string of the molecule is CC1=NN(C)C(=O)C1Cc1ccc(C)s1. The minimum atomic E-state index is -0.0481. The molecule has 0 spiro atoms. The van der Waals surface area contributed by atoms with Crippen LogP contribution >= 0.6 is 11.3 Å². The summed E-state index contributed by atoms with van der Waals surface area (Å²) in [7, 11) is 1.71. The molecule has 1 aliphatic heterocycles. The predicted molar refractivity (Wildman–Crippen MR) is 62.1 cm³/mol. The van der Waals surface area contributed by atoms with Crippen molar-refractivity contribution in [3.05, 3.63) is 21.9 Å². The van der Waals surface area contributed by atoms with Gasteiger partial charge in [-0.05, 0) is 32.4 Å². The average molecular weight is 222 g/mol. The van der Waals surface area contributed by atoms with Crippen LogP contribution in [0.1, 0.15) is 16.7 Å². The summed E-state index contributed by atoms with van der Waals surface area (Å²) in [6, 6.07) is 4.19. The van der Waals surface area contributed by atoms with Crippen molar-refractivity contribution in [3.63, 3.8) is 0 Å². The van der Waals surface area contributed by atoms with E-state index in [2.05, 4.69) is 24.2 Å². The van der Waals surface area contributed by atoms with Gasteiger partial charge in [0.2, 0.25) is 0 Å². The summed E-state index contributed by atoms with van der Waals surface area (Å²) in [5.41, 5.74) is 0.925. The zero-order valence-corrected chi connectivity index (χ0v) is 9.97. The number of aryl methyl sites for hydroxylation is 1. The molecule has 0 saturated heterocycles. The number of thiophene rings is 1. The Morgan fingerprint density at radius 3 is 2.67 bits per heavy atom. The second-order valence-electron chi connectivity index (χ2n) is 3.87. The maximum Gasteiger partial charge on any atom is 0.251 e. The van der Waals surface area contributed by atoms with Gasteiger partial charge in [-0.25, -0.2) is 5.01 Å². The Bertz CT molecular complexity index is 422. The molecule has 1 aromatic rings. The number of carbonyl (C=O) groups is 1. The van der Waals surface area contributed by atoms with Gasteiger partial charge in [0, 0.05) is 22.5 Å². The number of carbonyl (C=O) groups excluding carboxylic acids is 1. The van der Waals surface area contributed by atoms with Gasteiger partial charge < -0.3 is 0 Å². The fourth-order valence-electron chi connectivity index (χ4n) is 1.79. The normalized spacial score (nSPS) is 21.0. The molecule has 0 fully saturated rings. The number of rotatable bonds is 2. The van der Waals surface area contributed by atoms with Crippen LogP contribution < -0.4 is 0 Å². The quantitative estimate of drug-likeness (QED) is 0.754. The molecule has 0 aromatic carbocycles. The molecule has 2 heterocycles. The second kappa shape index (κ2) is 3.77. The number of hydrazone groups is 1. The maximum absolute atomic E-state index is 11.7. The van der Waals surface area contributed by atoms with Gasteiger partial charge in [0.1, 0.15) is 0 Å². The van der Waals surface area contributed by atoms with Gasteiger partial charge in [-0.1, -0.05) is 0 Å². The van der Waals surface area contributed by atoms with Crippen molar-refractivity contribution in [1.29, 1.82) is 0 Å². The van der Waals surface area contributed by atoms with Crippen LogP contribution in [0.4, 0.5) is 0 Å². The number of amides is 1. The number of nitrogens with zero attached hydrogens (tertiary/aromatic N) is 2. The van der Waals surface area contributed by atoms with Gasteiger partial charge >= 0.3 is 0 Å². The minimum Gasteiger partial charge on any atom is -0.272 e. The molecule has 0 N–H and O–H groups in total. The van der Waals surface area contributed by atoms with Gasteiger partial charge in [0.15, 0.2) is 0 Å². The summed E-state index contributed by atoms with van der Waals surface area (Å²) >= 11 is 1.75. The van der Waals surface area contributed by atoms with Crippen molar-refractivity contribution >= 4 is 23.0 Å². The third kappa shape index (κ3) is 1.95. The molecule has 15 heavy (non-hydrogen) atoms. The topological polar surface area (TPSA) is 32.7 Å². The van der Waals surface area contributed by atoms with Gasteiger partial charge in [0.05, 0.1) is 5.92 Å². The van der Waals surface area contributed by atoms with Crippen molar-refractivity contribution in [2.75, 3.05) is 7.05 Å². The summed E-state index contributed by atoms with van der Waals surface area (Å²) in [5, 5.41) is 5.60. The van der Waals surface area contributed by atoms with E-state index in [0.717, 1.165) is 12.1 Å². The summed E-state index contributed by atoms with van der Waals surface area (Å²) in [6.07, 6.45) is 0.789. The predicted octanol–water partition coefficient (Wildman–Crippen LogP) is 2.06. The van der Waals surface area contributed by atoms with Crippen LogP contribution in [0.15, 0.2) is 17.2 Å². The Hall–Kier alpha value is -1.16.